The Morgan fingerprint density at radius 3 is 3.00 bits per heavy atom. The van der Waals surface area contributed by atoms with E-state index in [9.17, 15) is 13.6 Å². The minimum atomic E-state index is -2.83. The number of amides is 1. The first kappa shape index (κ1) is 18.0. The second-order valence-electron chi connectivity index (χ2n) is 5.58. The SMILES string of the molecule is CSCC[C@H](N)C(=O)NC1CCCc2cc(OC(F)F)ccc21. The van der Waals surface area contributed by atoms with Crippen LogP contribution in [0.25, 0.3) is 0 Å². The van der Waals surface area contributed by atoms with Gasteiger partial charge in [-0.3, -0.25) is 4.79 Å². The molecule has 2 atom stereocenters. The van der Waals surface area contributed by atoms with Crippen molar-refractivity contribution in [2.45, 2.75) is 44.4 Å². The average Bonchev–Trinajstić information content (AvgIpc) is 2.52. The summed E-state index contributed by atoms with van der Waals surface area (Å²) >= 11 is 1.65. The van der Waals surface area contributed by atoms with E-state index in [2.05, 4.69) is 10.1 Å². The maximum Gasteiger partial charge on any atom is 0.387 e. The number of thioether (sulfide) groups is 1. The molecule has 0 aliphatic heterocycles. The number of hydrogen-bond acceptors (Lipinski definition) is 4. The van der Waals surface area contributed by atoms with Crippen molar-refractivity contribution in [1.82, 2.24) is 5.32 Å². The van der Waals surface area contributed by atoms with Crippen LogP contribution in [-0.4, -0.2) is 30.6 Å². The lowest BCUT2D eigenvalue weighted by molar-refractivity contribution is -0.123. The van der Waals surface area contributed by atoms with Crippen LogP contribution in [0.5, 0.6) is 5.75 Å². The van der Waals surface area contributed by atoms with Crippen molar-refractivity contribution in [1.29, 1.82) is 0 Å². The van der Waals surface area contributed by atoms with Gasteiger partial charge in [-0.25, -0.2) is 0 Å². The van der Waals surface area contributed by atoms with Crippen LogP contribution >= 0.6 is 11.8 Å². The minimum Gasteiger partial charge on any atom is -0.435 e. The normalized spacial score (nSPS) is 18.4. The molecule has 1 aromatic carbocycles. The van der Waals surface area contributed by atoms with Gasteiger partial charge in [-0.15, -0.1) is 0 Å². The molecule has 1 amide bonds. The fourth-order valence-corrected chi connectivity index (χ4v) is 3.26. The number of nitrogens with two attached hydrogens (primary N) is 1. The van der Waals surface area contributed by atoms with Gasteiger partial charge in [-0.1, -0.05) is 6.07 Å². The number of fused-ring (bicyclic) bond motifs is 1. The van der Waals surface area contributed by atoms with Crippen molar-refractivity contribution in [3.05, 3.63) is 29.3 Å². The molecule has 1 aliphatic carbocycles. The highest BCUT2D eigenvalue weighted by atomic mass is 32.2. The molecule has 1 aliphatic rings. The highest BCUT2D eigenvalue weighted by Crippen LogP contribution is 2.32. The smallest absolute Gasteiger partial charge is 0.387 e. The van der Waals surface area contributed by atoms with Crippen molar-refractivity contribution in [2.75, 3.05) is 12.0 Å². The Labute approximate surface area is 139 Å². The Kier molecular flexibility index (Phi) is 6.65. The zero-order valence-electron chi connectivity index (χ0n) is 13.1. The summed E-state index contributed by atoms with van der Waals surface area (Å²) in [6.45, 7) is -2.83. The van der Waals surface area contributed by atoms with Gasteiger partial charge < -0.3 is 15.8 Å². The summed E-state index contributed by atoms with van der Waals surface area (Å²) in [5.41, 5.74) is 7.79. The van der Waals surface area contributed by atoms with Crippen LogP contribution in [-0.2, 0) is 11.2 Å². The summed E-state index contributed by atoms with van der Waals surface area (Å²) in [4.78, 5) is 12.2. The summed E-state index contributed by atoms with van der Waals surface area (Å²) in [6, 6.07) is 4.27. The zero-order chi connectivity index (χ0) is 16.8. The number of hydrogen-bond donors (Lipinski definition) is 2. The Bertz CT molecular complexity index is 543. The van der Waals surface area contributed by atoms with Gasteiger partial charge >= 0.3 is 6.61 Å². The standard InChI is InChI=1S/C16H22F2N2O2S/c1-23-8-7-13(19)15(21)20-14-4-2-3-10-9-11(22-16(17)18)5-6-12(10)14/h5-6,9,13-14,16H,2-4,7-8,19H2,1H3,(H,20,21)/t13-,14?/m0/s1. The molecule has 1 aromatic rings. The molecule has 23 heavy (non-hydrogen) atoms. The highest BCUT2D eigenvalue weighted by molar-refractivity contribution is 7.98. The number of alkyl halides is 2. The van der Waals surface area contributed by atoms with Crippen molar-refractivity contribution in [3.63, 3.8) is 0 Å². The van der Waals surface area contributed by atoms with E-state index < -0.39 is 12.7 Å². The van der Waals surface area contributed by atoms with E-state index >= 15 is 0 Å². The Balaban J connectivity index is 2.05. The van der Waals surface area contributed by atoms with Crippen LogP contribution in [0.2, 0.25) is 0 Å². The van der Waals surface area contributed by atoms with Gasteiger partial charge in [0.25, 0.3) is 0 Å². The van der Waals surface area contributed by atoms with Crippen LogP contribution in [0.4, 0.5) is 8.78 Å². The molecule has 7 heteroatoms. The molecule has 0 heterocycles. The van der Waals surface area contributed by atoms with Crippen molar-refractivity contribution < 1.29 is 18.3 Å². The summed E-state index contributed by atoms with van der Waals surface area (Å²) in [5, 5.41) is 2.98. The highest BCUT2D eigenvalue weighted by Gasteiger charge is 2.24. The van der Waals surface area contributed by atoms with E-state index in [1.54, 1.807) is 23.9 Å². The van der Waals surface area contributed by atoms with E-state index in [0.717, 1.165) is 36.1 Å². The summed E-state index contributed by atoms with van der Waals surface area (Å²) in [7, 11) is 0. The maximum absolute atomic E-state index is 12.3. The predicted molar refractivity (Wildman–Crippen MR) is 87.9 cm³/mol. The molecule has 128 valence electrons. The third-order valence-corrected chi connectivity index (χ3v) is 4.58. The Morgan fingerprint density at radius 1 is 1.52 bits per heavy atom. The number of carbonyl (C=O) groups excluding carboxylic acids is 1. The molecule has 3 N–H and O–H groups in total. The number of aryl methyl sites for hydroxylation is 1. The van der Waals surface area contributed by atoms with E-state index in [-0.39, 0.29) is 17.7 Å². The Hall–Kier alpha value is -1.34. The number of carbonyl (C=O) groups is 1. The number of rotatable bonds is 7. The van der Waals surface area contributed by atoms with E-state index in [0.29, 0.717) is 6.42 Å². The average molecular weight is 344 g/mol. The first-order valence-corrected chi connectivity index (χ1v) is 9.03. The van der Waals surface area contributed by atoms with Crippen molar-refractivity contribution in [2.24, 2.45) is 5.73 Å². The van der Waals surface area contributed by atoms with Gasteiger partial charge in [0, 0.05) is 0 Å². The molecule has 4 nitrogen and oxygen atoms in total. The lowest BCUT2D eigenvalue weighted by Crippen LogP contribution is -2.43. The molecule has 0 saturated heterocycles. The molecule has 1 unspecified atom stereocenters. The second-order valence-corrected chi connectivity index (χ2v) is 6.57. The predicted octanol–water partition coefficient (Wildman–Crippen LogP) is 2.86. The van der Waals surface area contributed by atoms with Gasteiger partial charge in [0.05, 0.1) is 12.1 Å². The van der Waals surface area contributed by atoms with E-state index in [1.165, 1.54) is 6.07 Å². The fourth-order valence-electron chi connectivity index (χ4n) is 2.77. The Morgan fingerprint density at radius 2 is 2.30 bits per heavy atom. The molecule has 0 radical (unpaired) electrons. The molecular weight excluding hydrogens is 322 g/mol. The lowest BCUT2D eigenvalue weighted by Gasteiger charge is -2.28. The number of nitrogens with one attached hydrogen (secondary N) is 1. The van der Waals surface area contributed by atoms with Crippen LogP contribution in [0.1, 0.15) is 36.4 Å². The molecule has 0 saturated carbocycles. The molecule has 0 fully saturated rings. The summed E-state index contributed by atoms with van der Waals surface area (Å²) in [6.07, 6.45) is 5.11. The molecular formula is C16H22F2N2O2S. The number of halogens is 2. The topological polar surface area (TPSA) is 64.4 Å². The third-order valence-electron chi connectivity index (χ3n) is 3.94. The van der Waals surface area contributed by atoms with Crippen LogP contribution in [0.3, 0.4) is 0 Å². The van der Waals surface area contributed by atoms with Crippen LogP contribution in [0.15, 0.2) is 18.2 Å². The molecule has 0 spiro atoms. The van der Waals surface area contributed by atoms with E-state index in [4.69, 9.17) is 5.73 Å². The number of ether oxygens (including phenoxy) is 1. The van der Waals surface area contributed by atoms with Gasteiger partial charge in [0.2, 0.25) is 5.91 Å². The summed E-state index contributed by atoms with van der Waals surface area (Å²) < 4.78 is 29.0. The largest absolute Gasteiger partial charge is 0.435 e. The van der Waals surface area contributed by atoms with Crippen molar-refractivity contribution >= 4 is 17.7 Å². The van der Waals surface area contributed by atoms with Crippen LogP contribution < -0.4 is 15.8 Å². The molecule has 0 aromatic heterocycles. The fraction of sp³-hybridized carbons (Fsp3) is 0.562. The van der Waals surface area contributed by atoms with Crippen molar-refractivity contribution in [3.8, 4) is 5.75 Å². The monoisotopic (exact) mass is 344 g/mol. The van der Waals surface area contributed by atoms with E-state index in [1.807, 2.05) is 6.26 Å². The first-order valence-electron chi connectivity index (χ1n) is 7.63. The molecule has 2 rings (SSSR count). The molecule has 0 bridgehead atoms. The zero-order valence-corrected chi connectivity index (χ0v) is 13.9. The van der Waals surface area contributed by atoms with Gasteiger partial charge in [-0.05, 0) is 61.0 Å². The second kappa shape index (κ2) is 8.49. The quantitative estimate of drug-likeness (QED) is 0.798. The maximum atomic E-state index is 12.3. The van der Waals surface area contributed by atoms with Gasteiger partial charge in [-0.2, -0.15) is 20.5 Å². The first-order chi connectivity index (χ1) is 11.0. The van der Waals surface area contributed by atoms with Gasteiger partial charge in [0.15, 0.2) is 0 Å². The third kappa shape index (κ3) is 5.07. The lowest BCUT2D eigenvalue weighted by atomic mass is 9.87. The minimum absolute atomic E-state index is 0.118. The number of benzene rings is 1. The summed E-state index contributed by atoms with van der Waals surface area (Å²) in [5.74, 6) is 0.830. The van der Waals surface area contributed by atoms with Gasteiger partial charge in [0.1, 0.15) is 5.75 Å². The van der Waals surface area contributed by atoms with Crippen LogP contribution in [0, 0.1) is 0 Å².